The first kappa shape index (κ1) is 15.2. The number of rotatable bonds is 5. The number of anilines is 1. The number of carbonyl (C=O) groups is 1. The van der Waals surface area contributed by atoms with Crippen molar-refractivity contribution in [1.82, 2.24) is 20.4 Å². The molecule has 1 saturated heterocycles. The first-order valence-electron chi connectivity index (χ1n) is 7.31. The maximum Gasteiger partial charge on any atom is 0.221 e. The zero-order valence-corrected chi connectivity index (χ0v) is 12.6. The van der Waals surface area contributed by atoms with Gasteiger partial charge in [-0.2, -0.15) is 0 Å². The molecule has 1 aromatic rings. The molecule has 0 unspecified atom stereocenters. The van der Waals surface area contributed by atoms with E-state index in [9.17, 15) is 4.79 Å². The van der Waals surface area contributed by atoms with Crippen molar-refractivity contribution in [2.24, 2.45) is 0 Å². The molecule has 1 fully saturated rings. The third kappa shape index (κ3) is 5.42. The highest BCUT2D eigenvalue weighted by Crippen LogP contribution is 2.11. The van der Waals surface area contributed by atoms with Gasteiger partial charge in [0.05, 0.1) is 6.54 Å². The number of aromatic nitrogens is 2. The van der Waals surface area contributed by atoms with Crippen LogP contribution < -0.4 is 11.1 Å². The van der Waals surface area contributed by atoms with Crippen LogP contribution in [0.2, 0.25) is 0 Å². The van der Waals surface area contributed by atoms with Gasteiger partial charge in [0.1, 0.15) is 5.01 Å². The molecule has 0 atom stereocenters. The third-order valence-electron chi connectivity index (χ3n) is 3.52. The van der Waals surface area contributed by atoms with E-state index in [0.29, 0.717) is 18.1 Å². The van der Waals surface area contributed by atoms with Crippen molar-refractivity contribution < 1.29 is 4.79 Å². The number of likely N-dealkylation sites (tertiary alicyclic amines) is 1. The summed E-state index contributed by atoms with van der Waals surface area (Å²) in [5.41, 5.74) is 5.49. The van der Waals surface area contributed by atoms with Gasteiger partial charge in [-0.25, -0.2) is 0 Å². The number of hydrogen-bond donors (Lipinski definition) is 2. The van der Waals surface area contributed by atoms with Gasteiger partial charge in [0.25, 0.3) is 0 Å². The molecule has 2 heterocycles. The van der Waals surface area contributed by atoms with E-state index in [1.807, 2.05) is 0 Å². The van der Waals surface area contributed by atoms with Crippen LogP contribution in [-0.2, 0) is 11.3 Å². The topological polar surface area (TPSA) is 84.1 Å². The normalized spacial score (nSPS) is 17.4. The van der Waals surface area contributed by atoms with Gasteiger partial charge in [-0.05, 0) is 25.9 Å². The number of carbonyl (C=O) groups excluding carboxylic acids is 1. The summed E-state index contributed by atoms with van der Waals surface area (Å²) in [4.78, 5) is 14.2. The van der Waals surface area contributed by atoms with Crippen molar-refractivity contribution >= 4 is 22.4 Å². The average Bonchev–Trinajstić information content (AvgIpc) is 2.81. The number of nitrogens with one attached hydrogen (secondary N) is 1. The van der Waals surface area contributed by atoms with Gasteiger partial charge in [-0.15, -0.1) is 10.2 Å². The smallest absolute Gasteiger partial charge is 0.221 e. The summed E-state index contributed by atoms with van der Waals surface area (Å²) in [6.45, 7) is 3.53. The lowest BCUT2D eigenvalue weighted by molar-refractivity contribution is -0.121. The van der Waals surface area contributed by atoms with Crippen molar-refractivity contribution in [3.8, 4) is 0 Å². The molecule has 112 valence electrons. The zero-order chi connectivity index (χ0) is 14.2. The molecule has 0 radical (unpaired) electrons. The fourth-order valence-electron chi connectivity index (χ4n) is 2.40. The Morgan fingerprint density at radius 3 is 2.55 bits per heavy atom. The molecule has 20 heavy (non-hydrogen) atoms. The van der Waals surface area contributed by atoms with E-state index in [2.05, 4.69) is 20.4 Å². The average molecular weight is 297 g/mol. The number of nitrogen functional groups attached to an aromatic ring is 1. The van der Waals surface area contributed by atoms with E-state index in [1.54, 1.807) is 0 Å². The van der Waals surface area contributed by atoms with Gasteiger partial charge in [0.2, 0.25) is 11.0 Å². The van der Waals surface area contributed by atoms with E-state index in [-0.39, 0.29) is 5.91 Å². The highest BCUT2D eigenvalue weighted by atomic mass is 32.1. The number of amides is 1. The van der Waals surface area contributed by atoms with Gasteiger partial charge in [-0.3, -0.25) is 4.79 Å². The minimum absolute atomic E-state index is 0.0702. The Bertz CT molecular complexity index is 415. The molecule has 0 bridgehead atoms. The molecule has 0 aliphatic carbocycles. The minimum atomic E-state index is 0.0702. The van der Waals surface area contributed by atoms with Crippen molar-refractivity contribution in [1.29, 1.82) is 0 Å². The molecular weight excluding hydrogens is 274 g/mol. The van der Waals surface area contributed by atoms with Crippen LogP contribution in [0.4, 0.5) is 5.13 Å². The maximum absolute atomic E-state index is 11.8. The second-order valence-corrected chi connectivity index (χ2v) is 6.26. The van der Waals surface area contributed by atoms with E-state index in [1.165, 1.54) is 43.4 Å². The quantitative estimate of drug-likeness (QED) is 0.858. The van der Waals surface area contributed by atoms with Crippen LogP contribution in [0.3, 0.4) is 0 Å². The van der Waals surface area contributed by atoms with E-state index in [4.69, 9.17) is 5.73 Å². The Balaban J connectivity index is 1.63. The predicted molar refractivity (Wildman–Crippen MR) is 80.3 cm³/mol. The molecule has 1 aromatic heterocycles. The Morgan fingerprint density at radius 2 is 1.90 bits per heavy atom. The fourth-order valence-corrected chi connectivity index (χ4v) is 2.95. The zero-order valence-electron chi connectivity index (χ0n) is 11.8. The van der Waals surface area contributed by atoms with Crippen LogP contribution in [0.5, 0.6) is 0 Å². The third-order valence-corrected chi connectivity index (χ3v) is 4.28. The van der Waals surface area contributed by atoms with Gasteiger partial charge in [0.15, 0.2) is 0 Å². The van der Waals surface area contributed by atoms with Gasteiger partial charge >= 0.3 is 0 Å². The summed E-state index contributed by atoms with van der Waals surface area (Å²) in [7, 11) is 0. The van der Waals surface area contributed by atoms with Crippen LogP contribution in [0.25, 0.3) is 0 Å². The minimum Gasteiger partial charge on any atom is -0.374 e. The molecule has 2 rings (SSSR count). The number of nitrogens with zero attached hydrogens (tertiary/aromatic N) is 3. The van der Waals surface area contributed by atoms with Gasteiger partial charge in [-0.1, -0.05) is 30.6 Å². The molecule has 0 spiro atoms. The Kier molecular flexibility index (Phi) is 6.20. The first-order valence-corrected chi connectivity index (χ1v) is 8.12. The molecule has 6 nitrogen and oxygen atoms in total. The summed E-state index contributed by atoms with van der Waals surface area (Å²) in [6, 6.07) is 0. The summed E-state index contributed by atoms with van der Waals surface area (Å²) in [5, 5.41) is 11.7. The van der Waals surface area contributed by atoms with E-state index in [0.717, 1.165) is 24.6 Å². The molecule has 1 aliphatic heterocycles. The molecule has 7 heteroatoms. The number of hydrogen-bond acceptors (Lipinski definition) is 6. The lowest BCUT2D eigenvalue weighted by atomic mass is 10.1. The Morgan fingerprint density at radius 1 is 1.20 bits per heavy atom. The molecule has 3 N–H and O–H groups in total. The number of nitrogens with two attached hydrogens (primary N) is 1. The lowest BCUT2D eigenvalue weighted by Gasteiger charge is -2.24. The van der Waals surface area contributed by atoms with Crippen LogP contribution >= 0.6 is 11.3 Å². The molecule has 0 saturated carbocycles. The Labute approximate surface area is 123 Å². The Hall–Kier alpha value is -1.21. The van der Waals surface area contributed by atoms with Gasteiger partial charge < -0.3 is 16.0 Å². The molecule has 1 aliphatic rings. The fraction of sp³-hybridized carbons (Fsp3) is 0.769. The standard InChI is InChI=1S/C13H23N5OS/c14-13-17-16-12(20-13)10-15-11(19)6-9-18-7-4-2-1-3-5-8-18/h1-10H2,(H2,14,17)(H,15,19). The monoisotopic (exact) mass is 297 g/mol. The van der Waals surface area contributed by atoms with Crippen LogP contribution in [0.15, 0.2) is 0 Å². The van der Waals surface area contributed by atoms with Crippen LogP contribution in [0.1, 0.15) is 43.5 Å². The van der Waals surface area contributed by atoms with E-state index >= 15 is 0 Å². The molecule has 1 amide bonds. The second kappa shape index (κ2) is 8.16. The molecule has 0 aromatic carbocycles. The van der Waals surface area contributed by atoms with Crippen molar-refractivity contribution in [2.45, 2.75) is 45.1 Å². The van der Waals surface area contributed by atoms with E-state index < -0.39 is 0 Å². The first-order chi connectivity index (χ1) is 9.74. The largest absolute Gasteiger partial charge is 0.374 e. The summed E-state index contributed by atoms with van der Waals surface area (Å²) in [5.74, 6) is 0.0702. The van der Waals surface area contributed by atoms with Crippen molar-refractivity contribution in [3.05, 3.63) is 5.01 Å². The lowest BCUT2D eigenvalue weighted by Crippen LogP contribution is -2.32. The maximum atomic E-state index is 11.8. The molecular formula is C13H23N5OS. The predicted octanol–water partition coefficient (Wildman–Crippen LogP) is 1.39. The SMILES string of the molecule is Nc1nnc(CNC(=O)CCN2CCCCCCC2)s1. The highest BCUT2D eigenvalue weighted by Gasteiger charge is 2.10. The van der Waals surface area contributed by atoms with Crippen LogP contribution in [0, 0.1) is 0 Å². The van der Waals surface area contributed by atoms with Crippen LogP contribution in [-0.4, -0.2) is 40.6 Å². The van der Waals surface area contributed by atoms with Crippen molar-refractivity contribution in [2.75, 3.05) is 25.4 Å². The highest BCUT2D eigenvalue weighted by molar-refractivity contribution is 7.15. The van der Waals surface area contributed by atoms with Gasteiger partial charge in [0, 0.05) is 13.0 Å². The summed E-state index contributed by atoms with van der Waals surface area (Å²) < 4.78 is 0. The summed E-state index contributed by atoms with van der Waals surface area (Å²) >= 11 is 1.31. The second-order valence-electron chi connectivity index (χ2n) is 5.17. The summed E-state index contributed by atoms with van der Waals surface area (Å²) in [6.07, 6.45) is 7.06. The van der Waals surface area contributed by atoms with Crippen molar-refractivity contribution in [3.63, 3.8) is 0 Å².